The van der Waals surface area contributed by atoms with Crippen molar-refractivity contribution in [3.8, 4) is 11.1 Å². The fourth-order valence-electron chi connectivity index (χ4n) is 3.47. The van der Waals surface area contributed by atoms with Crippen LogP contribution in [0.25, 0.3) is 21.3 Å². The van der Waals surface area contributed by atoms with E-state index < -0.39 is 5.97 Å². The molecule has 0 atom stereocenters. The quantitative estimate of drug-likeness (QED) is 0.446. The molecule has 0 fully saturated rings. The number of nitrogens with zero attached hydrogens (tertiary/aromatic N) is 2. The first-order valence-corrected chi connectivity index (χ1v) is 10.9. The number of nitrogens with one attached hydrogen (secondary N) is 1. The second-order valence-electron chi connectivity index (χ2n) is 7.09. The van der Waals surface area contributed by atoms with Gasteiger partial charge in [0.1, 0.15) is 16.3 Å². The maximum absolute atomic E-state index is 13.0. The number of hydrogen-bond acceptors (Lipinski definition) is 6. The molecule has 1 N–H and O–H groups in total. The van der Waals surface area contributed by atoms with Crippen molar-refractivity contribution < 1.29 is 14.3 Å². The SMILES string of the molecule is CCOC(=O)c1sc2ncn(CC(=O)Nc3ccccc3-c3ccccc3)c(=O)c2c1C. The van der Waals surface area contributed by atoms with Crippen LogP contribution in [-0.2, 0) is 16.1 Å². The van der Waals surface area contributed by atoms with Gasteiger partial charge in [0.25, 0.3) is 5.56 Å². The Morgan fingerprint density at radius 1 is 1.09 bits per heavy atom. The molecule has 162 valence electrons. The Bertz CT molecular complexity index is 1360. The number of rotatable bonds is 6. The van der Waals surface area contributed by atoms with Gasteiger partial charge >= 0.3 is 5.97 Å². The second kappa shape index (κ2) is 9.15. The molecule has 0 aliphatic heterocycles. The van der Waals surface area contributed by atoms with Gasteiger partial charge in [0.15, 0.2) is 0 Å². The molecule has 1 amide bonds. The average Bonchev–Trinajstić information content (AvgIpc) is 3.14. The molecule has 0 aliphatic rings. The van der Waals surface area contributed by atoms with Crippen molar-refractivity contribution in [1.29, 1.82) is 0 Å². The molecule has 8 heteroatoms. The molecule has 0 saturated carbocycles. The normalized spacial score (nSPS) is 10.8. The predicted octanol–water partition coefficient (Wildman–Crippen LogP) is 4.25. The number of amides is 1. The summed E-state index contributed by atoms with van der Waals surface area (Å²) in [5, 5.41) is 3.22. The van der Waals surface area contributed by atoms with Crippen LogP contribution in [0, 0.1) is 6.92 Å². The molecular weight excluding hydrogens is 426 g/mol. The molecule has 0 saturated heterocycles. The van der Waals surface area contributed by atoms with E-state index in [-0.39, 0.29) is 24.6 Å². The summed E-state index contributed by atoms with van der Waals surface area (Å²) in [6, 6.07) is 17.2. The Hall–Kier alpha value is -3.78. The first kappa shape index (κ1) is 21.5. The van der Waals surface area contributed by atoms with E-state index in [1.165, 1.54) is 10.9 Å². The molecular formula is C24H21N3O4S. The van der Waals surface area contributed by atoms with Gasteiger partial charge in [0.05, 0.1) is 18.3 Å². The van der Waals surface area contributed by atoms with E-state index in [0.29, 0.717) is 26.3 Å². The van der Waals surface area contributed by atoms with Gasteiger partial charge in [0.2, 0.25) is 5.91 Å². The molecule has 4 aromatic rings. The van der Waals surface area contributed by atoms with Crippen molar-refractivity contribution in [2.75, 3.05) is 11.9 Å². The van der Waals surface area contributed by atoms with Crippen molar-refractivity contribution in [2.45, 2.75) is 20.4 Å². The minimum atomic E-state index is -0.478. The number of anilines is 1. The van der Waals surface area contributed by atoms with Gasteiger partial charge in [-0.05, 0) is 31.0 Å². The standard InChI is InChI=1S/C24H21N3O4S/c1-3-31-24(30)21-15(2)20-22(32-21)25-14-27(23(20)29)13-19(28)26-18-12-8-7-11-17(18)16-9-5-4-6-10-16/h4-12,14H,3,13H2,1-2H3,(H,26,28). The van der Waals surface area contributed by atoms with E-state index in [2.05, 4.69) is 10.3 Å². The maximum Gasteiger partial charge on any atom is 0.348 e. The fourth-order valence-corrected chi connectivity index (χ4v) is 4.50. The molecule has 0 aliphatic carbocycles. The number of carbonyl (C=O) groups excluding carboxylic acids is 2. The Morgan fingerprint density at radius 3 is 2.56 bits per heavy atom. The highest BCUT2D eigenvalue weighted by Crippen LogP contribution is 2.28. The first-order valence-electron chi connectivity index (χ1n) is 10.1. The summed E-state index contributed by atoms with van der Waals surface area (Å²) in [6.45, 7) is 3.46. The summed E-state index contributed by atoms with van der Waals surface area (Å²) in [5.41, 5.74) is 2.66. The Kier molecular flexibility index (Phi) is 6.13. The molecule has 7 nitrogen and oxygen atoms in total. The highest BCUT2D eigenvalue weighted by Gasteiger charge is 2.21. The monoisotopic (exact) mass is 447 g/mol. The topological polar surface area (TPSA) is 90.3 Å². The van der Waals surface area contributed by atoms with Crippen LogP contribution in [0.2, 0.25) is 0 Å². The summed E-state index contributed by atoms with van der Waals surface area (Å²) in [4.78, 5) is 43.0. The summed E-state index contributed by atoms with van der Waals surface area (Å²) in [5.74, 6) is -0.829. The van der Waals surface area contributed by atoms with Crippen molar-refractivity contribution in [2.24, 2.45) is 0 Å². The first-order chi connectivity index (χ1) is 15.5. The summed E-state index contributed by atoms with van der Waals surface area (Å²) in [6.07, 6.45) is 1.33. The maximum atomic E-state index is 13.0. The molecule has 0 spiro atoms. The summed E-state index contributed by atoms with van der Waals surface area (Å²) >= 11 is 1.12. The van der Waals surface area contributed by atoms with Crippen molar-refractivity contribution in [3.63, 3.8) is 0 Å². The van der Waals surface area contributed by atoms with E-state index in [4.69, 9.17) is 4.74 Å². The fraction of sp³-hybridized carbons (Fsp3) is 0.167. The lowest BCUT2D eigenvalue weighted by Crippen LogP contribution is -2.28. The van der Waals surface area contributed by atoms with Crippen LogP contribution in [0.1, 0.15) is 22.2 Å². The van der Waals surface area contributed by atoms with Gasteiger partial charge in [-0.1, -0.05) is 48.5 Å². The molecule has 32 heavy (non-hydrogen) atoms. The van der Waals surface area contributed by atoms with E-state index in [9.17, 15) is 14.4 Å². The highest BCUT2D eigenvalue weighted by molar-refractivity contribution is 7.20. The summed E-state index contributed by atoms with van der Waals surface area (Å²) < 4.78 is 6.31. The molecule has 0 radical (unpaired) electrons. The van der Waals surface area contributed by atoms with Crippen molar-refractivity contribution in [1.82, 2.24) is 9.55 Å². The Balaban J connectivity index is 1.60. The third-order valence-corrected chi connectivity index (χ3v) is 6.16. The zero-order valence-corrected chi connectivity index (χ0v) is 18.4. The van der Waals surface area contributed by atoms with E-state index in [1.54, 1.807) is 13.8 Å². The number of para-hydroxylation sites is 1. The third kappa shape index (κ3) is 4.17. The van der Waals surface area contributed by atoms with Crippen LogP contribution in [0.3, 0.4) is 0 Å². The second-order valence-corrected chi connectivity index (χ2v) is 8.09. The molecule has 4 rings (SSSR count). The lowest BCUT2D eigenvalue weighted by molar-refractivity contribution is -0.116. The van der Waals surface area contributed by atoms with Gasteiger partial charge in [-0.2, -0.15) is 0 Å². The van der Waals surface area contributed by atoms with E-state index in [0.717, 1.165) is 22.5 Å². The lowest BCUT2D eigenvalue weighted by Gasteiger charge is -2.12. The number of carbonyl (C=O) groups is 2. The number of benzene rings is 2. The van der Waals surface area contributed by atoms with Crippen molar-refractivity contribution in [3.05, 3.63) is 81.7 Å². The minimum Gasteiger partial charge on any atom is -0.462 e. The number of aryl methyl sites for hydroxylation is 1. The third-order valence-electron chi connectivity index (χ3n) is 4.98. The van der Waals surface area contributed by atoms with Gasteiger partial charge in [-0.3, -0.25) is 14.2 Å². The van der Waals surface area contributed by atoms with Crippen LogP contribution in [-0.4, -0.2) is 28.0 Å². The molecule has 0 unspecified atom stereocenters. The predicted molar refractivity (Wildman–Crippen MR) is 125 cm³/mol. The van der Waals surface area contributed by atoms with Gasteiger partial charge in [-0.15, -0.1) is 11.3 Å². The summed E-state index contributed by atoms with van der Waals surface area (Å²) in [7, 11) is 0. The minimum absolute atomic E-state index is 0.199. The lowest BCUT2D eigenvalue weighted by atomic mass is 10.0. The average molecular weight is 448 g/mol. The molecule has 0 bridgehead atoms. The van der Waals surface area contributed by atoms with Gasteiger partial charge in [0, 0.05) is 11.3 Å². The largest absolute Gasteiger partial charge is 0.462 e. The van der Waals surface area contributed by atoms with Crippen LogP contribution < -0.4 is 10.9 Å². The number of aromatic nitrogens is 2. The van der Waals surface area contributed by atoms with Crippen LogP contribution >= 0.6 is 11.3 Å². The Labute approximate surface area is 188 Å². The van der Waals surface area contributed by atoms with Gasteiger partial charge in [-0.25, -0.2) is 9.78 Å². The number of esters is 1. The van der Waals surface area contributed by atoms with E-state index >= 15 is 0 Å². The van der Waals surface area contributed by atoms with Crippen LogP contribution in [0.5, 0.6) is 0 Å². The van der Waals surface area contributed by atoms with Crippen molar-refractivity contribution >= 4 is 39.1 Å². The molecule has 2 heterocycles. The number of thiophene rings is 1. The van der Waals surface area contributed by atoms with Crippen LogP contribution in [0.15, 0.2) is 65.7 Å². The highest BCUT2D eigenvalue weighted by atomic mass is 32.1. The molecule has 2 aromatic heterocycles. The number of hydrogen-bond donors (Lipinski definition) is 1. The van der Waals surface area contributed by atoms with E-state index in [1.807, 2.05) is 54.6 Å². The van der Waals surface area contributed by atoms with Gasteiger partial charge < -0.3 is 10.1 Å². The van der Waals surface area contributed by atoms with Crippen LogP contribution in [0.4, 0.5) is 5.69 Å². The molecule has 2 aromatic carbocycles. The number of ether oxygens (including phenoxy) is 1. The Morgan fingerprint density at radius 2 is 1.81 bits per heavy atom. The smallest absolute Gasteiger partial charge is 0.348 e. The zero-order chi connectivity index (χ0) is 22.7. The number of fused-ring (bicyclic) bond motifs is 1. The zero-order valence-electron chi connectivity index (χ0n) is 17.6.